The van der Waals surface area contributed by atoms with E-state index in [0.717, 1.165) is 19.3 Å². The van der Waals surface area contributed by atoms with E-state index in [9.17, 15) is 9.90 Å². The van der Waals surface area contributed by atoms with Crippen molar-refractivity contribution in [2.24, 2.45) is 0 Å². The van der Waals surface area contributed by atoms with Crippen LogP contribution >= 0.6 is 0 Å². The van der Waals surface area contributed by atoms with Gasteiger partial charge < -0.3 is 14.6 Å². The molecule has 0 aliphatic heterocycles. The number of aliphatic hydroxyl groups excluding tert-OH is 1. The maximum Gasteiger partial charge on any atom is 0.306 e. The molecule has 0 rings (SSSR count). The minimum atomic E-state index is -0.526. The zero-order valence-electron chi connectivity index (χ0n) is 39.4. The molecular weight excluding hydrogens is 701 g/mol. The molecular formula is C53H106O4. The summed E-state index contributed by atoms with van der Waals surface area (Å²) in [5.41, 5.74) is 0. The second kappa shape index (κ2) is 51.5. The molecule has 1 atom stereocenters. The Bertz CT molecular complexity index is 726. The third kappa shape index (κ3) is 49.7. The summed E-state index contributed by atoms with van der Waals surface area (Å²) in [7, 11) is 0. The van der Waals surface area contributed by atoms with Crippen molar-refractivity contribution in [3.8, 4) is 0 Å². The summed E-state index contributed by atoms with van der Waals surface area (Å²) in [6.45, 7) is 5.43. The Balaban J connectivity index is 3.31. The lowest BCUT2D eigenvalue weighted by Gasteiger charge is -2.16. The molecule has 4 heteroatoms. The second-order valence-electron chi connectivity index (χ2n) is 18.3. The van der Waals surface area contributed by atoms with E-state index in [2.05, 4.69) is 13.8 Å². The molecule has 342 valence electrons. The van der Waals surface area contributed by atoms with Crippen LogP contribution in [0.15, 0.2) is 0 Å². The van der Waals surface area contributed by atoms with Crippen LogP contribution in [0.1, 0.15) is 309 Å². The highest BCUT2D eigenvalue weighted by molar-refractivity contribution is 5.69. The molecule has 0 spiro atoms. The third-order valence-electron chi connectivity index (χ3n) is 12.4. The average molecular weight is 807 g/mol. The predicted molar refractivity (Wildman–Crippen MR) is 252 cm³/mol. The Morgan fingerprint density at radius 1 is 0.351 bits per heavy atom. The average Bonchev–Trinajstić information content (AvgIpc) is 3.22. The molecule has 0 aromatic rings. The van der Waals surface area contributed by atoms with Crippen LogP contribution in [0.2, 0.25) is 0 Å². The monoisotopic (exact) mass is 807 g/mol. The van der Waals surface area contributed by atoms with Crippen molar-refractivity contribution in [1.82, 2.24) is 0 Å². The van der Waals surface area contributed by atoms with Crippen LogP contribution in [0.5, 0.6) is 0 Å². The minimum Gasteiger partial charge on any atom is -0.457 e. The number of carbonyl (C=O) groups excluding carboxylic acids is 1. The topological polar surface area (TPSA) is 55.8 Å². The molecule has 0 aliphatic carbocycles. The molecule has 0 heterocycles. The fraction of sp³-hybridized carbons (Fsp3) is 0.981. The van der Waals surface area contributed by atoms with Gasteiger partial charge in [-0.1, -0.05) is 290 Å². The van der Waals surface area contributed by atoms with Gasteiger partial charge in [0.15, 0.2) is 0 Å². The number of hydrogen-bond acceptors (Lipinski definition) is 4. The van der Waals surface area contributed by atoms with Gasteiger partial charge in [-0.05, 0) is 12.8 Å². The number of hydrogen-bond donors (Lipinski definition) is 1. The van der Waals surface area contributed by atoms with E-state index < -0.39 is 6.10 Å². The highest BCUT2D eigenvalue weighted by atomic mass is 16.6. The number of carbonyl (C=O) groups is 1. The van der Waals surface area contributed by atoms with Gasteiger partial charge in [0.05, 0.1) is 13.2 Å². The number of esters is 1. The van der Waals surface area contributed by atoms with E-state index in [1.807, 2.05) is 0 Å². The van der Waals surface area contributed by atoms with Gasteiger partial charge in [-0.15, -0.1) is 0 Å². The van der Waals surface area contributed by atoms with Gasteiger partial charge in [0.1, 0.15) is 6.10 Å². The van der Waals surface area contributed by atoms with Gasteiger partial charge in [0, 0.05) is 13.0 Å². The molecule has 4 nitrogen and oxygen atoms in total. The number of unbranched alkanes of at least 4 members (excludes halogenated alkanes) is 43. The van der Waals surface area contributed by atoms with E-state index in [-0.39, 0.29) is 12.6 Å². The fourth-order valence-corrected chi connectivity index (χ4v) is 8.45. The van der Waals surface area contributed by atoms with Gasteiger partial charge in [-0.2, -0.15) is 0 Å². The van der Waals surface area contributed by atoms with E-state index in [4.69, 9.17) is 9.47 Å². The van der Waals surface area contributed by atoms with E-state index in [0.29, 0.717) is 19.6 Å². The van der Waals surface area contributed by atoms with Crippen LogP contribution in [-0.4, -0.2) is 37.0 Å². The Hall–Kier alpha value is -0.610. The summed E-state index contributed by atoms with van der Waals surface area (Å²) in [6, 6.07) is 0. The Kier molecular flexibility index (Phi) is 51.0. The van der Waals surface area contributed by atoms with Crippen molar-refractivity contribution >= 4 is 5.97 Å². The molecule has 57 heavy (non-hydrogen) atoms. The Morgan fingerprint density at radius 2 is 0.579 bits per heavy atom. The lowest BCUT2D eigenvalue weighted by molar-refractivity contribution is -0.154. The van der Waals surface area contributed by atoms with Crippen LogP contribution in [0.3, 0.4) is 0 Å². The van der Waals surface area contributed by atoms with E-state index >= 15 is 0 Å². The summed E-state index contributed by atoms with van der Waals surface area (Å²) in [4.78, 5) is 12.3. The third-order valence-corrected chi connectivity index (χ3v) is 12.4. The first-order valence-electron chi connectivity index (χ1n) is 26.6. The first-order valence-corrected chi connectivity index (χ1v) is 26.6. The maximum absolute atomic E-state index is 12.3. The molecule has 1 N–H and O–H groups in total. The Labute approximate surface area is 359 Å². The fourth-order valence-electron chi connectivity index (χ4n) is 8.45. The number of rotatable bonds is 51. The van der Waals surface area contributed by atoms with Crippen LogP contribution < -0.4 is 0 Å². The molecule has 0 aromatic heterocycles. The molecule has 0 saturated heterocycles. The van der Waals surface area contributed by atoms with Gasteiger partial charge in [-0.25, -0.2) is 0 Å². The zero-order valence-corrected chi connectivity index (χ0v) is 39.4. The highest BCUT2D eigenvalue weighted by Crippen LogP contribution is 2.18. The normalized spacial score (nSPS) is 12.1. The van der Waals surface area contributed by atoms with Crippen LogP contribution in [0, 0.1) is 0 Å². The van der Waals surface area contributed by atoms with Crippen molar-refractivity contribution in [3.63, 3.8) is 0 Å². The van der Waals surface area contributed by atoms with Gasteiger partial charge in [0.25, 0.3) is 0 Å². The molecule has 0 fully saturated rings. The standard InChI is InChI=1S/C53H106O4/c1-3-5-7-9-11-13-15-17-19-21-23-25-26-27-29-31-33-35-37-39-41-43-45-47-49-56-51-52(50-54)57-53(55)48-46-44-42-40-38-36-34-32-30-28-24-22-20-18-16-14-12-10-8-6-4-2/h52,54H,3-51H2,1-2H3. The van der Waals surface area contributed by atoms with Crippen molar-refractivity contribution in [3.05, 3.63) is 0 Å². The van der Waals surface area contributed by atoms with Gasteiger partial charge in [-0.3, -0.25) is 4.79 Å². The molecule has 0 radical (unpaired) electrons. The van der Waals surface area contributed by atoms with Crippen molar-refractivity contribution in [2.45, 2.75) is 315 Å². The van der Waals surface area contributed by atoms with Crippen LogP contribution in [0.25, 0.3) is 0 Å². The molecule has 0 saturated carbocycles. The number of aliphatic hydroxyl groups is 1. The smallest absolute Gasteiger partial charge is 0.306 e. The molecule has 0 amide bonds. The molecule has 0 aliphatic rings. The summed E-state index contributed by atoms with van der Waals surface area (Å²) in [6.07, 6.45) is 62.1. The summed E-state index contributed by atoms with van der Waals surface area (Å²) in [5, 5.41) is 9.66. The molecule has 0 aromatic carbocycles. The minimum absolute atomic E-state index is 0.162. The van der Waals surface area contributed by atoms with Crippen molar-refractivity contribution in [2.75, 3.05) is 19.8 Å². The number of ether oxygens (including phenoxy) is 2. The molecule has 0 bridgehead atoms. The summed E-state index contributed by atoms with van der Waals surface area (Å²) in [5.74, 6) is -0.190. The predicted octanol–water partition coefficient (Wildman–Crippen LogP) is 17.9. The zero-order chi connectivity index (χ0) is 41.2. The van der Waals surface area contributed by atoms with Crippen LogP contribution in [-0.2, 0) is 14.3 Å². The largest absolute Gasteiger partial charge is 0.457 e. The quantitative estimate of drug-likeness (QED) is 0.0491. The van der Waals surface area contributed by atoms with Crippen molar-refractivity contribution < 1.29 is 19.4 Å². The highest BCUT2D eigenvalue weighted by Gasteiger charge is 2.13. The summed E-state index contributed by atoms with van der Waals surface area (Å²) >= 11 is 0. The first-order chi connectivity index (χ1) is 28.2. The second-order valence-corrected chi connectivity index (χ2v) is 18.3. The van der Waals surface area contributed by atoms with Gasteiger partial charge in [0.2, 0.25) is 0 Å². The van der Waals surface area contributed by atoms with Gasteiger partial charge >= 0.3 is 5.97 Å². The van der Waals surface area contributed by atoms with Crippen LogP contribution in [0.4, 0.5) is 0 Å². The lowest BCUT2D eigenvalue weighted by atomic mass is 10.0. The summed E-state index contributed by atoms with van der Waals surface area (Å²) < 4.78 is 11.2. The van der Waals surface area contributed by atoms with Crippen molar-refractivity contribution in [1.29, 1.82) is 0 Å². The maximum atomic E-state index is 12.3. The lowest BCUT2D eigenvalue weighted by Crippen LogP contribution is -2.27. The SMILES string of the molecule is CCCCCCCCCCCCCCCCCCCCCCCCCCOCC(CO)OC(=O)CCCCCCCCCCCCCCCCCCCCCCC. The Morgan fingerprint density at radius 3 is 0.825 bits per heavy atom. The van der Waals surface area contributed by atoms with E-state index in [1.54, 1.807) is 0 Å². The molecule has 1 unspecified atom stereocenters. The first kappa shape index (κ1) is 56.4. The van der Waals surface area contributed by atoms with E-state index in [1.165, 1.54) is 270 Å².